The van der Waals surface area contributed by atoms with Crippen molar-refractivity contribution in [2.75, 3.05) is 32.7 Å². The van der Waals surface area contributed by atoms with Gasteiger partial charge in [0.15, 0.2) is 6.04 Å². The minimum Gasteiger partial charge on any atom is -0.479 e. The number of hydrogen-bond donors (Lipinski definition) is 2. The van der Waals surface area contributed by atoms with Gasteiger partial charge in [-0.2, -0.15) is 0 Å². The summed E-state index contributed by atoms with van der Waals surface area (Å²) in [6.45, 7) is 6.00. The standard InChI is InChI=1S/C13H19N3O3S/c1-2-15-5-7-16(8-6-15)13(19)14-11(12(17)18)10-4-3-9-20-10/h3-4,9,11H,2,5-8H2,1H3,(H,14,19)(H,17,18). The van der Waals surface area contributed by atoms with Gasteiger partial charge in [-0.25, -0.2) is 9.59 Å². The fourth-order valence-corrected chi connectivity index (χ4v) is 2.96. The van der Waals surface area contributed by atoms with Gasteiger partial charge < -0.3 is 20.2 Å². The molecule has 1 aliphatic heterocycles. The predicted octanol–water partition coefficient (Wildman–Crippen LogP) is 1.22. The van der Waals surface area contributed by atoms with E-state index >= 15 is 0 Å². The Balaban J connectivity index is 1.94. The number of thiophene rings is 1. The van der Waals surface area contributed by atoms with Crippen molar-refractivity contribution in [3.63, 3.8) is 0 Å². The number of carboxylic acids is 1. The van der Waals surface area contributed by atoms with Crippen LogP contribution in [0.4, 0.5) is 4.79 Å². The van der Waals surface area contributed by atoms with Gasteiger partial charge in [0.25, 0.3) is 0 Å². The Kier molecular flexibility index (Phi) is 4.97. The zero-order chi connectivity index (χ0) is 14.5. The molecule has 1 unspecified atom stereocenters. The first-order valence-corrected chi connectivity index (χ1v) is 7.53. The Bertz CT molecular complexity index is 455. The molecule has 0 saturated carbocycles. The minimum atomic E-state index is -1.03. The largest absolute Gasteiger partial charge is 0.479 e. The molecule has 2 heterocycles. The Labute approximate surface area is 122 Å². The highest BCUT2D eigenvalue weighted by Gasteiger charge is 2.27. The number of likely N-dealkylation sites (N-methyl/N-ethyl adjacent to an activating group) is 1. The van der Waals surface area contributed by atoms with E-state index < -0.39 is 12.0 Å². The molecular formula is C13H19N3O3S. The van der Waals surface area contributed by atoms with Gasteiger partial charge in [-0.3, -0.25) is 0 Å². The molecular weight excluding hydrogens is 278 g/mol. The van der Waals surface area contributed by atoms with Crippen LogP contribution in [0, 0.1) is 0 Å². The molecule has 1 aliphatic rings. The number of urea groups is 1. The number of carbonyl (C=O) groups excluding carboxylic acids is 1. The van der Waals surface area contributed by atoms with Gasteiger partial charge in [-0.1, -0.05) is 13.0 Å². The van der Waals surface area contributed by atoms with E-state index in [0.29, 0.717) is 18.0 Å². The summed E-state index contributed by atoms with van der Waals surface area (Å²) in [6.07, 6.45) is 0. The van der Waals surface area contributed by atoms with E-state index in [-0.39, 0.29) is 6.03 Å². The van der Waals surface area contributed by atoms with Crippen LogP contribution in [0.1, 0.15) is 17.8 Å². The summed E-state index contributed by atoms with van der Waals surface area (Å²) in [5.41, 5.74) is 0. The van der Waals surface area contributed by atoms with Gasteiger partial charge >= 0.3 is 12.0 Å². The lowest BCUT2D eigenvalue weighted by molar-refractivity contribution is -0.139. The summed E-state index contributed by atoms with van der Waals surface area (Å²) in [5, 5.41) is 13.6. The number of nitrogens with one attached hydrogen (secondary N) is 1. The molecule has 1 atom stereocenters. The van der Waals surface area contributed by atoms with Crippen LogP contribution in [0.5, 0.6) is 0 Å². The van der Waals surface area contributed by atoms with Crippen LogP contribution >= 0.6 is 11.3 Å². The third kappa shape index (κ3) is 3.49. The second-order valence-electron chi connectivity index (χ2n) is 4.66. The molecule has 6 nitrogen and oxygen atoms in total. The van der Waals surface area contributed by atoms with E-state index in [4.69, 9.17) is 0 Å². The van der Waals surface area contributed by atoms with Crippen molar-refractivity contribution < 1.29 is 14.7 Å². The maximum atomic E-state index is 12.1. The van der Waals surface area contributed by atoms with Crippen LogP contribution in [-0.2, 0) is 4.79 Å². The lowest BCUT2D eigenvalue weighted by atomic mass is 10.2. The second-order valence-corrected chi connectivity index (χ2v) is 5.64. The molecule has 0 bridgehead atoms. The number of rotatable bonds is 4. The number of piperazine rings is 1. The number of carbonyl (C=O) groups is 2. The Morgan fingerprint density at radius 2 is 2.10 bits per heavy atom. The number of carboxylic acid groups (broad SMARTS) is 1. The molecule has 7 heteroatoms. The van der Waals surface area contributed by atoms with Crippen LogP contribution < -0.4 is 5.32 Å². The van der Waals surface area contributed by atoms with E-state index in [1.807, 2.05) is 0 Å². The molecule has 1 aromatic rings. The van der Waals surface area contributed by atoms with Crippen LogP contribution in [0.15, 0.2) is 17.5 Å². The number of hydrogen-bond acceptors (Lipinski definition) is 4. The third-order valence-electron chi connectivity index (χ3n) is 3.45. The van der Waals surface area contributed by atoms with Gasteiger partial charge in [0.1, 0.15) is 0 Å². The van der Waals surface area contributed by atoms with E-state index in [2.05, 4.69) is 17.1 Å². The van der Waals surface area contributed by atoms with Gasteiger partial charge in [-0.05, 0) is 18.0 Å². The van der Waals surface area contributed by atoms with E-state index in [1.165, 1.54) is 11.3 Å². The first kappa shape index (κ1) is 14.8. The highest BCUT2D eigenvalue weighted by Crippen LogP contribution is 2.19. The summed E-state index contributed by atoms with van der Waals surface area (Å²) in [7, 11) is 0. The lowest BCUT2D eigenvalue weighted by Gasteiger charge is -2.34. The minimum absolute atomic E-state index is 0.304. The van der Waals surface area contributed by atoms with E-state index in [9.17, 15) is 14.7 Å². The molecule has 20 heavy (non-hydrogen) atoms. The monoisotopic (exact) mass is 297 g/mol. The third-order valence-corrected chi connectivity index (χ3v) is 4.39. The van der Waals surface area contributed by atoms with Crippen molar-refractivity contribution in [2.45, 2.75) is 13.0 Å². The molecule has 110 valence electrons. The highest BCUT2D eigenvalue weighted by molar-refractivity contribution is 7.10. The van der Waals surface area contributed by atoms with Crippen LogP contribution in [0.25, 0.3) is 0 Å². The molecule has 2 N–H and O–H groups in total. The lowest BCUT2D eigenvalue weighted by Crippen LogP contribution is -2.52. The summed E-state index contributed by atoms with van der Waals surface area (Å²) >= 11 is 1.33. The Hall–Kier alpha value is -1.60. The molecule has 2 rings (SSSR count). The molecule has 0 radical (unpaired) electrons. The molecule has 1 saturated heterocycles. The van der Waals surface area contributed by atoms with Gasteiger partial charge in [0.2, 0.25) is 0 Å². The molecule has 0 spiro atoms. The second kappa shape index (κ2) is 6.71. The topological polar surface area (TPSA) is 72.9 Å². The normalized spacial score (nSPS) is 17.8. The molecule has 1 aromatic heterocycles. The van der Waals surface area contributed by atoms with Crippen molar-refractivity contribution in [2.24, 2.45) is 0 Å². The van der Waals surface area contributed by atoms with Crippen molar-refractivity contribution in [3.05, 3.63) is 22.4 Å². The first-order chi connectivity index (χ1) is 9.61. The molecule has 0 aliphatic carbocycles. The summed E-state index contributed by atoms with van der Waals surface area (Å²) in [5.74, 6) is -1.03. The van der Waals surface area contributed by atoms with Crippen LogP contribution in [0.2, 0.25) is 0 Å². The summed E-state index contributed by atoms with van der Waals surface area (Å²) < 4.78 is 0. The maximum absolute atomic E-state index is 12.1. The van der Waals surface area contributed by atoms with E-state index in [0.717, 1.165) is 19.6 Å². The number of nitrogens with zero attached hydrogens (tertiary/aromatic N) is 2. The summed E-state index contributed by atoms with van der Waals surface area (Å²) in [6, 6.07) is 2.23. The smallest absolute Gasteiger partial charge is 0.331 e. The average molecular weight is 297 g/mol. The SMILES string of the molecule is CCN1CCN(C(=O)NC(C(=O)O)c2cccs2)CC1. The van der Waals surface area contributed by atoms with Gasteiger partial charge in [0, 0.05) is 31.1 Å². The van der Waals surface area contributed by atoms with Crippen LogP contribution in [-0.4, -0.2) is 59.6 Å². The van der Waals surface area contributed by atoms with Crippen molar-refractivity contribution >= 4 is 23.3 Å². The van der Waals surface area contributed by atoms with Crippen molar-refractivity contribution in [3.8, 4) is 0 Å². The predicted molar refractivity (Wildman–Crippen MR) is 76.9 cm³/mol. The quantitative estimate of drug-likeness (QED) is 0.876. The highest BCUT2D eigenvalue weighted by atomic mass is 32.1. The fourth-order valence-electron chi connectivity index (χ4n) is 2.19. The van der Waals surface area contributed by atoms with Crippen molar-refractivity contribution in [1.82, 2.24) is 15.1 Å². The van der Waals surface area contributed by atoms with Gasteiger partial charge in [-0.15, -0.1) is 11.3 Å². The number of amides is 2. The van der Waals surface area contributed by atoms with E-state index in [1.54, 1.807) is 22.4 Å². The fraction of sp³-hybridized carbons (Fsp3) is 0.538. The summed E-state index contributed by atoms with van der Waals surface area (Å²) in [4.78, 5) is 28.0. The van der Waals surface area contributed by atoms with Gasteiger partial charge in [0.05, 0.1) is 0 Å². The van der Waals surface area contributed by atoms with Crippen molar-refractivity contribution in [1.29, 1.82) is 0 Å². The maximum Gasteiger partial charge on any atom is 0.331 e. The van der Waals surface area contributed by atoms with Crippen LogP contribution in [0.3, 0.4) is 0 Å². The Morgan fingerprint density at radius 1 is 1.40 bits per heavy atom. The first-order valence-electron chi connectivity index (χ1n) is 6.65. The molecule has 1 fully saturated rings. The molecule has 2 amide bonds. The number of aliphatic carboxylic acids is 1. The zero-order valence-corrected chi connectivity index (χ0v) is 12.2. The molecule has 0 aromatic carbocycles. The average Bonchev–Trinajstić information content (AvgIpc) is 2.98. The Morgan fingerprint density at radius 3 is 2.60 bits per heavy atom. The zero-order valence-electron chi connectivity index (χ0n) is 11.4.